The molecule has 146 valence electrons. The molecule has 0 saturated carbocycles. The SMILES string of the molecule is Cc1cc(C(=O)O[C@@H](C)C(=O)Nc2cccc(F)c2)c(C)n1Cc1ccco1. The average molecular weight is 384 g/mol. The monoisotopic (exact) mass is 384 g/mol. The second-order valence-electron chi connectivity index (χ2n) is 6.50. The maximum atomic E-state index is 13.2. The van der Waals surface area contributed by atoms with Crippen LogP contribution in [0.3, 0.4) is 0 Å². The Morgan fingerprint density at radius 1 is 1.21 bits per heavy atom. The largest absolute Gasteiger partial charge is 0.467 e. The molecule has 0 aliphatic rings. The van der Waals surface area contributed by atoms with E-state index in [9.17, 15) is 14.0 Å². The number of rotatable bonds is 6. The van der Waals surface area contributed by atoms with Gasteiger partial charge >= 0.3 is 5.97 Å². The average Bonchev–Trinajstić information content (AvgIpc) is 3.25. The van der Waals surface area contributed by atoms with Gasteiger partial charge in [0.15, 0.2) is 6.10 Å². The number of carbonyl (C=O) groups is 2. The number of aromatic nitrogens is 1. The molecule has 0 fully saturated rings. The number of benzene rings is 1. The standard InChI is InChI=1S/C21H21FN2O4/c1-13-10-19(14(2)24(13)12-18-8-5-9-27-18)21(26)28-15(3)20(25)23-17-7-4-6-16(22)11-17/h4-11,15H,12H2,1-3H3,(H,23,25)/t15-/m0/s1. The van der Waals surface area contributed by atoms with Crippen LogP contribution < -0.4 is 5.32 Å². The molecule has 3 aromatic rings. The highest BCUT2D eigenvalue weighted by Crippen LogP contribution is 2.19. The summed E-state index contributed by atoms with van der Waals surface area (Å²) >= 11 is 0. The van der Waals surface area contributed by atoms with Crippen molar-refractivity contribution in [3.63, 3.8) is 0 Å². The van der Waals surface area contributed by atoms with E-state index in [1.807, 2.05) is 24.5 Å². The van der Waals surface area contributed by atoms with Crippen LogP contribution in [0.4, 0.5) is 10.1 Å². The number of halogens is 1. The Bertz CT molecular complexity index is 992. The van der Waals surface area contributed by atoms with Crippen molar-refractivity contribution in [3.8, 4) is 0 Å². The van der Waals surface area contributed by atoms with Gasteiger partial charge in [-0.15, -0.1) is 0 Å². The number of esters is 1. The van der Waals surface area contributed by atoms with E-state index in [4.69, 9.17) is 9.15 Å². The van der Waals surface area contributed by atoms with Crippen LogP contribution in [0, 0.1) is 19.7 Å². The van der Waals surface area contributed by atoms with Gasteiger partial charge in [0.2, 0.25) is 0 Å². The van der Waals surface area contributed by atoms with Crippen molar-refractivity contribution in [2.75, 3.05) is 5.32 Å². The molecule has 0 spiro atoms. The first kappa shape index (κ1) is 19.4. The van der Waals surface area contributed by atoms with Crippen molar-refractivity contribution in [1.29, 1.82) is 0 Å². The van der Waals surface area contributed by atoms with E-state index >= 15 is 0 Å². The Hall–Kier alpha value is -3.35. The third-order valence-corrected chi connectivity index (χ3v) is 4.43. The zero-order valence-corrected chi connectivity index (χ0v) is 15.9. The van der Waals surface area contributed by atoms with E-state index < -0.39 is 23.8 Å². The molecule has 1 amide bonds. The van der Waals surface area contributed by atoms with Gasteiger partial charge in [0.1, 0.15) is 11.6 Å². The maximum Gasteiger partial charge on any atom is 0.340 e. The summed E-state index contributed by atoms with van der Waals surface area (Å²) in [5.74, 6) is -0.833. The fraction of sp³-hybridized carbons (Fsp3) is 0.238. The van der Waals surface area contributed by atoms with Crippen molar-refractivity contribution >= 4 is 17.6 Å². The molecule has 0 aliphatic heterocycles. The van der Waals surface area contributed by atoms with E-state index in [-0.39, 0.29) is 0 Å². The zero-order valence-electron chi connectivity index (χ0n) is 15.9. The molecule has 3 rings (SSSR count). The molecule has 6 nitrogen and oxygen atoms in total. The fourth-order valence-electron chi connectivity index (χ4n) is 2.90. The van der Waals surface area contributed by atoms with Gasteiger partial charge in [-0.05, 0) is 57.2 Å². The van der Waals surface area contributed by atoms with Crippen LogP contribution in [0.25, 0.3) is 0 Å². The second kappa shape index (κ2) is 8.12. The first-order valence-electron chi connectivity index (χ1n) is 8.81. The molecule has 0 aliphatic carbocycles. The minimum atomic E-state index is -1.04. The Morgan fingerprint density at radius 2 is 2.00 bits per heavy atom. The third-order valence-electron chi connectivity index (χ3n) is 4.43. The van der Waals surface area contributed by atoms with Gasteiger partial charge in [0, 0.05) is 17.1 Å². The third kappa shape index (κ3) is 4.31. The summed E-state index contributed by atoms with van der Waals surface area (Å²) in [5, 5.41) is 2.53. The van der Waals surface area contributed by atoms with Crippen molar-refractivity contribution in [3.05, 3.63) is 77.3 Å². The summed E-state index contributed by atoms with van der Waals surface area (Å²) in [4.78, 5) is 24.8. The molecule has 0 unspecified atom stereocenters. The lowest BCUT2D eigenvalue weighted by molar-refractivity contribution is -0.123. The number of ether oxygens (including phenoxy) is 1. The van der Waals surface area contributed by atoms with Crippen LogP contribution in [0.15, 0.2) is 53.1 Å². The molecule has 2 heterocycles. The van der Waals surface area contributed by atoms with Gasteiger partial charge in [0.05, 0.1) is 18.4 Å². The highest BCUT2D eigenvalue weighted by molar-refractivity contribution is 5.97. The number of carbonyl (C=O) groups excluding carboxylic acids is 2. The number of anilines is 1. The number of aryl methyl sites for hydroxylation is 1. The zero-order chi connectivity index (χ0) is 20.3. The predicted molar refractivity (Wildman–Crippen MR) is 102 cm³/mol. The highest BCUT2D eigenvalue weighted by atomic mass is 19.1. The summed E-state index contributed by atoms with van der Waals surface area (Å²) in [6.07, 6.45) is 0.557. The van der Waals surface area contributed by atoms with Gasteiger partial charge in [-0.2, -0.15) is 0 Å². The summed E-state index contributed by atoms with van der Waals surface area (Å²) in [5.41, 5.74) is 2.27. The van der Waals surface area contributed by atoms with Crippen molar-refractivity contribution in [2.24, 2.45) is 0 Å². The molecule has 0 radical (unpaired) electrons. The summed E-state index contributed by atoms with van der Waals surface area (Å²) in [6, 6.07) is 10.9. The first-order chi connectivity index (χ1) is 13.3. The predicted octanol–water partition coefficient (Wildman–Crippen LogP) is 4.07. The number of nitrogens with one attached hydrogen (secondary N) is 1. The number of amides is 1. The van der Waals surface area contributed by atoms with Crippen molar-refractivity contribution < 1.29 is 23.1 Å². The Kier molecular flexibility index (Phi) is 5.63. The lowest BCUT2D eigenvalue weighted by Gasteiger charge is -2.14. The van der Waals surface area contributed by atoms with E-state index in [0.717, 1.165) is 17.1 Å². The van der Waals surface area contributed by atoms with Gasteiger partial charge < -0.3 is 19.0 Å². The van der Waals surface area contributed by atoms with Crippen molar-refractivity contribution in [2.45, 2.75) is 33.4 Å². The van der Waals surface area contributed by atoms with Crippen LogP contribution in [0.2, 0.25) is 0 Å². The summed E-state index contributed by atoms with van der Waals surface area (Å²) in [6.45, 7) is 5.65. The molecule has 1 aromatic carbocycles. The smallest absolute Gasteiger partial charge is 0.340 e. The molecule has 1 N–H and O–H groups in total. The van der Waals surface area contributed by atoms with Crippen LogP contribution >= 0.6 is 0 Å². The second-order valence-corrected chi connectivity index (χ2v) is 6.50. The maximum absolute atomic E-state index is 13.2. The van der Waals surface area contributed by atoms with E-state index in [1.165, 1.54) is 25.1 Å². The molecule has 28 heavy (non-hydrogen) atoms. The Morgan fingerprint density at radius 3 is 2.68 bits per heavy atom. The highest BCUT2D eigenvalue weighted by Gasteiger charge is 2.23. The molecule has 7 heteroatoms. The topological polar surface area (TPSA) is 73.5 Å². The molecular formula is C21H21FN2O4. The molecule has 1 atom stereocenters. The van der Waals surface area contributed by atoms with E-state index in [1.54, 1.807) is 24.5 Å². The van der Waals surface area contributed by atoms with Crippen LogP contribution in [-0.4, -0.2) is 22.5 Å². The van der Waals surface area contributed by atoms with Crippen LogP contribution in [0.1, 0.15) is 34.4 Å². The minimum Gasteiger partial charge on any atom is -0.467 e. The van der Waals surface area contributed by atoms with E-state index in [0.29, 0.717) is 17.8 Å². The lowest BCUT2D eigenvalue weighted by atomic mass is 10.2. The molecule has 0 saturated heterocycles. The van der Waals surface area contributed by atoms with Crippen LogP contribution in [-0.2, 0) is 16.1 Å². The van der Waals surface area contributed by atoms with Crippen molar-refractivity contribution in [1.82, 2.24) is 4.57 Å². The number of hydrogen-bond donors (Lipinski definition) is 1. The molecule has 0 bridgehead atoms. The minimum absolute atomic E-state index is 0.296. The lowest BCUT2D eigenvalue weighted by Crippen LogP contribution is -2.30. The number of hydrogen-bond acceptors (Lipinski definition) is 4. The number of nitrogens with zero attached hydrogens (tertiary/aromatic N) is 1. The van der Waals surface area contributed by atoms with E-state index in [2.05, 4.69) is 5.32 Å². The Labute approximate surface area is 161 Å². The van der Waals surface area contributed by atoms with Gasteiger partial charge in [0.25, 0.3) is 5.91 Å². The summed E-state index contributed by atoms with van der Waals surface area (Å²) in [7, 11) is 0. The molecule has 2 aromatic heterocycles. The van der Waals surface area contributed by atoms with Crippen LogP contribution in [0.5, 0.6) is 0 Å². The quantitative estimate of drug-likeness (QED) is 0.650. The number of furan rings is 1. The molecular weight excluding hydrogens is 363 g/mol. The fourth-order valence-corrected chi connectivity index (χ4v) is 2.90. The van der Waals surface area contributed by atoms with Gasteiger partial charge in [-0.25, -0.2) is 9.18 Å². The van der Waals surface area contributed by atoms with Gasteiger partial charge in [-0.1, -0.05) is 6.07 Å². The Balaban J connectivity index is 1.67. The summed E-state index contributed by atoms with van der Waals surface area (Å²) < 4.78 is 25.8. The normalized spacial score (nSPS) is 11.9. The van der Waals surface area contributed by atoms with Gasteiger partial charge in [-0.3, -0.25) is 4.79 Å². The first-order valence-corrected chi connectivity index (χ1v) is 8.81.